The summed E-state index contributed by atoms with van der Waals surface area (Å²) >= 11 is 0. The molecule has 9 nitrogen and oxygen atoms in total. The summed E-state index contributed by atoms with van der Waals surface area (Å²) in [5, 5.41) is 6.35. The van der Waals surface area contributed by atoms with Crippen LogP contribution in [0.25, 0.3) is 10.9 Å². The number of benzene rings is 1. The molecule has 202 valence electrons. The summed E-state index contributed by atoms with van der Waals surface area (Å²) in [6.07, 6.45) is 4.68. The molecule has 4 atom stereocenters. The fraction of sp³-hybridized carbons (Fsp3) is 0.552. The number of carbonyl (C=O) groups excluding carboxylic acids is 5. The van der Waals surface area contributed by atoms with E-state index in [0.29, 0.717) is 37.4 Å². The van der Waals surface area contributed by atoms with E-state index < -0.39 is 29.7 Å². The van der Waals surface area contributed by atoms with E-state index in [-0.39, 0.29) is 36.0 Å². The highest BCUT2D eigenvalue weighted by Gasteiger charge is 2.49. The predicted octanol–water partition coefficient (Wildman–Crippen LogP) is 2.75. The molecule has 2 aliphatic carbocycles. The number of nitrogens with zero attached hydrogens (tertiary/aromatic N) is 1. The molecule has 1 aromatic carbocycles. The molecule has 0 unspecified atom stereocenters. The summed E-state index contributed by atoms with van der Waals surface area (Å²) in [6, 6.07) is 7.33. The van der Waals surface area contributed by atoms with Crippen molar-refractivity contribution in [3.05, 3.63) is 36.0 Å². The summed E-state index contributed by atoms with van der Waals surface area (Å²) in [5.74, 6) is -2.14. The van der Waals surface area contributed by atoms with Gasteiger partial charge in [-0.15, -0.1) is 0 Å². The molecular weight excluding hydrogens is 484 g/mol. The van der Waals surface area contributed by atoms with Crippen LogP contribution in [0.15, 0.2) is 30.3 Å². The van der Waals surface area contributed by atoms with Crippen molar-refractivity contribution in [2.45, 2.75) is 76.9 Å². The molecule has 2 aromatic rings. The Bertz CT molecular complexity index is 1230. The normalized spacial score (nSPS) is 24.1. The summed E-state index contributed by atoms with van der Waals surface area (Å²) in [4.78, 5) is 70.4. The Morgan fingerprint density at radius 1 is 1.05 bits per heavy atom. The highest BCUT2D eigenvalue weighted by molar-refractivity contribution is 6.38. The third-order valence-electron chi connectivity index (χ3n) is 8.19. The fourth-order valence-corrected chi connectivity index (χ4v) is 6.14. The minimum Gasteiger partial charge on any atom is -0.351 e. The van der Waals surface area contributed by atoms with Gasteiger partial charge in [-0.05, 0) is 76.3 Å². The highest BCUT2D eigenvalue weighted by Crippen LogP contribution is 2.45. The summed E-state index contributed by atoms with van der Waals surface area (Å²) in [7, 11) is 0. The van der Waals surface area contributed by atoms with Crippen molar-refractivity contribution in [1.29, 1.82) is 0 Å². The number of carbonyl (C=O) groups is 5. The first-order chi connectivity index (χ1) is 18.2. The summed E-state index contributed by atoms with van der Waals surface area (Å²) in [6.45, 7) is 3.96. The molecule has 3 amide bonds. The molecule has 1 aromatic heterocycles. The number of likely N-dealkylation sites (tertiary alicyclic amines) is 1. The molecule has 0 radical (unpaired) electrons. The maximum absolute atomic E-state index is 13.8. The van der Waals surface area contributed by atoms with Crippen LogP contribution < -0.4 is 10.6 Å². The molecule has 5 rings (SSSR count). The molecule has 9 heteroatoms. The number of aromatic nitrogens is 1. The number of ketones is 2. The number of para-hydroxylation sites is 1. The first-order valence-corrected chi connectivity index (χ1v) is 13.8. The van der Waals surface area contributed by atoms with Crippen molar-refractivity contribution < 1.29 is 24.0 Å². The Morgan fingerprint density at radius 2 is 1.82 bits per heavy atom. The van der Waals surface area contributed by atoms with Crippen LogP contribution in [-0.2, 0) is 19.2 Å². The number of rotatable bonds is 9. The van der Waals surface area contributed by atoms with E-state index in [1.54, 1.807) is 24.8 Å². The van der Waals surface area contributed by atoms with E-state index in [0.717, 1.165) is 30.2 Å². The lowest BCUT2D eigenvalue weighted by molar-refractivity contribution is -0.141. The standard InChI is InChI=1S/C29H36N4O5/c1-16(2)30-28(37)26(35)22(15-19-7-5-9-24(19)34)32-27(36)25-20(17-10-11-17)12-13-33(25)29(38)23-14-18-6-3-4-8-21(18)31-23/h3-4,6,8,14,16-17,19-20,22,25,31H,5,7,9-13,15H2,1-2H3,(H,30,37)(H,32,36)/t19-,20+,22-,25-/m0/s1. The number of hydrogen-bond donors (Lipinski definition) is 3. The third-order valence-corrected chi connectivity index (χ3v) is 8.19. The van der Waals surface area contributed by atoms with Gasteiger partial charge in [0.1, 0.15) is 17.5 Å². The molecule has 1 saturated heterocycles. The number of amides is 3. The molecule has 38 heavy (non-hydrogen) atoms. The molecule has 0 spiro atoms. The molecule has 3 aliphatic rings. The minimum absolute atomic E-state index is 0.00307. The number of aromatic amines is 1. The van der Waals surface area contributed by atoms with Gasteiger partial charge in [0.15, 0.2) is 0 Å². The number of nitrogens with one attached hydrogen (secondary N) is 3. The van der Waals surface area contributed by atoms with Gasteiger partial charge in [0.2, 0.25) is 11.7 Å². The first-order valence-electron chi connectivity index (χ1n) is 13.8. The Balaban J connectivity index is 1.38. The zero-order valence-corrected chi connectivity index (χ0v) is 22.0. The third kappa shape index (κ3) is 5.37. The highest BCUT2D eigenvalue weighted by atomic mass is 16.2. The maximum atomic E-state index is 13.8. The van der Waals surface area contributed by atoms with E-state index >= 15 is 0 Å². The molecule has 0 bridgehead atoms. The van der Waals surface area contributed by atoms with Gasteiger partial charge in [-0.3, -0.25) is 24.0 Å². The maximum Gasteiger partial charge on any atom is 0.289 e. The van der Waals surface area contributed by atoms with Gasteiger partial charge in [0.25, 0.3) is 11.8 Å². The van der Waals surface area contributed by atoms with Gasteiger partial charge >= 0.3 is 0 Å². The Hall–Kier alpha value is -3.49. The lowest BCUT2D eigenvalue weighted by Gasteiger charge is -2.29. The largest absolute Gasteiger partial charge is 0.351 e. The molecule has 3 fully saturated rings. The smallest absolute Gasteiger partial charge is 0.289 e. The lowest BCUT2D eigenvalue weighted by atomic mass is 9.91. The summed E-state index contributed by atoms with van der Waals surface area (Å²) < 4.78 is 0. The van der Waals surface area contributed by atoms with E-state index in [9.17, 15) is 24.0 Å². The van der Waals surface area contributed by atoms with Crippen LogP contribution in [0.5, 0.6) is 0 Å². The van der Waals surface area contributed by atoms with Crippen LogP contribution in [0.2, 0.25) is 0 Å². The predicted molar refractivity (Wildman–Crippen MR) is 141 cm³/mol. The topological polar surface area (TPSA) is 128 Å². The van der Waals surface area contributed by atoms with Crippen LogP contribution in [0, 0.1) is 17.8 Å². The quantitative estimate of drug-likeness (QED) is 0.438. The molecule has 2 saturated carbocycles. The Morgan fingerprint density at radius 3 is 2.47 bits per heavy atom. The van der Waals surface area contributed by atoms with Crippen LogP contribution in [0.1, 0.15) is 69.3 Å². The van der Waals surface area contributed by atoms with Gasteiger partial charge in [-0.25, -0.2) is 0 Å². The molecular formula is C29H36N4O5. The SMILES string of the molecule is CC(C)NC(=O)C(=O)[C@H](C[C@@H]1CCCC1=O)NC(=O)[C@@H]1[C@@H](C2CC2)CCN1C(=O)c1cc2ccccc2[nH]1. The number of H-pyrrole nitrogens is 1. The lowest BCUT2D eigenvalue weighted by Crippen LogP contribution is -2.55. The fourth-order valence-electron chi connectivity index (χ4n) is 6.14. The second-order valence-electron chi connectivity index (χ2n) is 11.3. The Labute approximate surface area is 222 Å². The van der Waals surface area contributed by atoms with E-state index in [1.807, 2.05) is 24.3 Å². The molecule has 1 aliphatic heterocycles. The van der Waals surface area contributed by atoms with Crippen LogP contribution >= 0.6 is 0 Å². The van der Waals surface area contributed by atoms with Crippen molar-refractivity contribution in [1.82, 2.24) is 20.5 Å². The van der Waals surface area contributed by atoms with Gasteiger partial charge in [-0.2, -0.15) is 0 Å². The minimum atomic E-state index is -1.11. The second kappa shape index (κ2) is 10.7. The number of fused-ring (bicyclic) bond motifs is 1. The molecule has 3 N–H and O–H groups in total. The van der Waals surface area contributed by atoms with Crippen molar-refractivity contribution in [3.63, 3.8) is 0 Å². The van der Waals surface area contributed by atoms with Gasteiger partial charge < -0.3 is 20.5 Å². The van der Waals surface area contributed by atoms with Gasteiger partial charge in [0.05, 0.1) is 6.04 Å². The zero-order valence-electron chi connectivity index (χ0n) is 22.0. The molecule has 2 heterocycles. The van der Waals surface area contributed by atoms with Crippen LogP contribution in [0.3, 0.4) is 0 Å². The first kappa shape index (κ1) is 26.1. The Kier molecular flexibility index (Phi) is 7.36. The number of hydrogen-bond acceptors (Lipinski definition) is 5. The van der Waals surface area contributed by atoms with Crippen molar-refractivity contribution >= 4 is 40.2 Å². The van der Waals surface area contributed by atoms with Gasteiger partial charge in [-0.1, -0.05) is 18.2 Å². The number of Topliss-reactive ketones (excluding diaryl/α,β-unsaturated/α-hetero) is 2. The van der Waals surface area contributed by atoms with E-state index in [2.05, 4.69) is 15.6 Å². The average Bonchev–Trinajstić information content (AvgIpc) is 3.29. The van der Waals surface area contributed by atoms with Crippen LogP contribution in [0.4, 0.5) is 0 Å². The van der Waals surface area contributed by atoms with Crippen molar-refractivity contribution in [3.8, 4) is 0 Å². The second-order valence-corrected chi connectivity index (χ2v) is 11.3. The van der Waals surface area contributed by atoms with Gasteiger partial charge in [0, 0.05) is 35.8 Å². The van der Waals surface area contributed by atoms with Crippen LogP contribution in [-0.4, -0.2) is 63.8 Å². The summed E-state index contributed by atoms with van der Waals surface area (Å²) in [5.41, 5.74) is 1.26. The van der Waals surface area contributed by atoms with E-state index in [4.69, 9.17) is 0 Å². The monoisotopic (exact) mass is 520 g/mol. The van der Waals surface area contributed by atoms with Crippen molar-refractivity contribution in [2.24, 2.45) is 17.8 Å². The average molecular weight is 521 g/mol. The van der Waals surface area contributed by atoms with Crippen molar-refractivity contribution in [2.75, 3.05) is 6.54 Å². The zero-order chi connectivity index (χ0) is 27.0. The van der Waals surface area contributed by atoms with E-state index in [1.165, 1.54) is 0 Å².